The zero-order chi connectivity index (χ0) is 13.8. The van der Waals surface area contributed by atoms with E-state index in [1.54, 1.807) is 30.4 Å². The van der Waals surface area contributed by atoms with Crippen molar-refractivity contribution in [2.75, 3.05) is 0 Å². The summed E-state index contributed by atoms with van der Waals surface area (Å²) in [6, 6.07) is 9.46. The van der Waals surface area contributed by atoms with Crippen molar-refractivity contribution in [3.8, 4) is 0 Å². The van der Waals surface area contributed by atoms with Gasteiger partial charge in [-0.2, -0.15) is 0 Å². The van der Waals surface area contributed by atoms with Crippen LogP contribution in [0.4, 0.5) is 4.39 Å². The quantitative estimate of drug-likeness (QED) is 0.649. The number of hydrazine groups is 1. The molecule has 2 aromatic rings. The summed E-state index contributed by atoms with van der Waals surface area (Å²) in [6.45, 7) is 3.90. The molecule has 0 spiro atoms. The van der Waals surface area contributed by atoms with Crippen LogP contribution < -0.4 is 11.3 Å². The number of nitrogens with two attached hydrogens (primary N) is 1. The van der Waals surface area contributed by atoms with Gasteiger partial charge in [-0.05, 0) is 31.0 Å². The summed E-state index contributed by atoms with van der Waals surface area (Å²) < 4.78 is 14.1. The SMILES string of the molecule is CCc1ccc(CC(NN)c2cccc(C)c2F)s1. The predicted octanol–water partition coefficient (Wildman–Crippen LogP) is 3.51. The maximum Gasteiger partial charge on any atom is 0.130 e. The fourth-order valence-corrected chi connectivity index (χ4v) is 3.12. The maximum absolute atomic E-state index is 14.1. The number of hydrogen-bond acceptors (Lipinski definition) is 3. The summed E-state index contributed by atoms with van der Waals surface area (Å²) in [5.41, 5.74) is 4.01. The molecule has 0 radical (unpaired) electrons. The molecule has 2 rings (SSSR count). The zero-order valence-corrected chi connectivity index (χ0v) is 12.1. The molecular formula is C15H19FN2S. The Kier molecular flexibility index (Phi) is 4.69. The minimum absolute atomic E-state index is 0.169. The Balaban J connectivity index is 2.22. The summed E-state index contributed by atoms with van der Waals surface area (Å²) in [5.74, 6) is 5.43. The van der Waals surface area contributed by atoms with E-state index in [-0.39, 0.29) is 11.9 Å². The van der Waals surface area contributed by atoms with E-state index in [2.05, 4.69) is 24.5 Å². The van der Waals surface area contributed by atoms with Crippen LogP contribution in [0.25, 0.3) is 0 Å². The number of nitrogens with one attached hydrogen (secondary N) is 1. The smallest absolute Gasteiger partial charge is 0.130 e. The zero-order valence-electron chi connectivity index (χ0n) is 11.2. The second kappa shape index (κ2) is 6.28. The van der Waals surface area contributed by atoms with Crippen molar-refractivity contribution >= 4 is 11.3 Å². The molecule has 1 unspecified atom stereocenters. The lowest BCUT2D eigenvalue weighted by Crippen LogP contribution is -2.30. The first kappa shape index (κ1) is 14.2. The third-order valence-corrected chi connectivity index (χ3v) is 4.52. The molecule has 1 aromatic heterocycles. The second-order valence-electron chi connectivity index (χ2n) is 4.62. The molecule has 0 amide bonds. The first-order valence-electron chi connectivity index (χ1n) is 6.44. The van der Waals surface area contributed by atoms with Crippen LogP contribution in [0.3, 0.4) is 0 Å². The van der Waals surface area contributed by atoms with Gasteiger partial charge in [0.1, 0.15) is 5.82 Å². The average molecular weight is 278 g/mol. The Morgan fingerprint density at radius 2 is 2.00 bits per heavy atom. The molecule has 0 bridgehead atoms. The molecule has 102 valence electrons. The van der Waals surface area contributed by atoms with E-state index in [0.717, 1.165) is 6.42 Å². The summed E-state index contributed by atoms with van der Waals surface area (Å²) in [6.07, 6.45) is 1.74. The Labute approximate surface area is 117 Å². The molecule has 2 nitrogen and oxygen atoms in total. The Morgan fingerprint density at radius 3 is 2.63 bits per heavy atom. The van der Waals surface area contributed by atoms with Crippen LogP contribution in [-0.2, 0) is 12.8 Å². The van der Waals surface area contributed by atoms with Crippen molar-refractivity contribution < 1.29 is 4.39 Å². The van der Waals surface area contributed by atoms with Crippen LogP contribution in [0.2, 0.25) is 0 Å². The summed E-state index contributed by atoms with van der Waals surface area (Å²) in [4.78, 5) is 2.57. The van der Waals surface area contributed by atoms with E-state index in [1.165, 1.54) is 9.75 Å². The van der Waals surface area contributed by atoms with Gasteiger partial charge in [0.15, 0.2) is 0 Å². The molecular weight excluding hydrogens is 259 g/mol. The van der Waals surface area contributed by atoms with Gasteiger partial charge in [0, 0.05) is 21.7 Å². The van der Waals surface area contributed by atoms with Gasteiger partial charge >= 0.3 is 0 Å². The van der Waals surface area contributed by atoms with Crippen LogP contribution in [0.15, 0.2) is 30.3 Å². The summed E-state index contributed by atoms with van der Waals surface area (Å²) >= 11 is 1.76. The van der Waals surface area contributed by atoms with Crippen molar-refractivity contribution in [2.45, 2.75) is 32.7 Å². The third-order valence-electron chi connectivity index (χ3n) is 3.27. The molecule has 0 fully saturated rings. The second-order valence-corrected chi connectivity index (χ2v) is 5.88. The van der Waals surface area contributed by atoms with Crippen LogP contribution in [0, 0.1) is 12.7 Å². The van der Waals surface area contributed by atoms with E-state index in [4.69, 9.17) is 5.84 Å². The lowest BCUT2D eigenvalue weighted by molar-refractivity contribution is 0.510. The Bertz CT molecular complexity index is 551. The lowest BCUT2D eigenvalue weighted by atomic mass is 10.0. The van der Waals surface area contributed by atoms with Gasteiger partial charge in [-0.25, -0.2) is 4.39 Å². The van der Waals surface area contributed by atoms with Crippen LogP contribution in [0.5, 0.6) is 0 Å². The van der Waals surface area contributed by atoms with Gasteiger partial charge in [0.05, 0.1) is 6.04 Å². The van der Waals surface area contributed by atoms with Gasteiger partial charge in [-0.3, -0.25) is 11.3 Å². The van der Waals surface area contributed by atoms with E-state index < -0.39 is 0 Å². The average Bonchev–Trinajstić information content (AvgIpc) is 2.87. The molecule has 3 N–H and O–H groups in total. The molecule has 0 aliphatic carbocycles. The maximum atomic E-state index is 14.1. The molecule has 0 saturated heterocycles. The van der Waals surface area contributed by atoms with Gasteiger partial charge in [-0.1, -0.05) is 25.1 Å². The molecule has 1 atom stereocenters. The fraction of sp³-hybridized carbons (Fsp3) is 0.333. The van der Waals surface area contributed by atoms with E-state index in [0.29, 0.717) is 17.5 Å². The molecule has 1 aromatic carbocycles. The summed E-state index contributed by atoms with van der Waals surface area (Å²) in [7, 11) is 0. The number of rotatable bonds is 5. The number of halogens is 1. The first-order chi connectivity index (χ1) is 9.15. The largest absolute Gasteiger partial charge is 0.271 e. The predicted molar refractivity (Wildman–Crippen MR) is 78.6 cm³/mol. The highest BCUT2D eigenvalue weighted by molar-refractivity contribution is 7.11. The molecule has 19 heavy (non-hydrogen) atoms. The van der Waals surface area contributed by atoms with Crippen molar-refractivity contribution in [2.24, 2.45) is 5.84 Å². The monoisotopic (exact) mass is 278 g/mol. The number of aryl methyl sites for hydroxylation is 2. The minimum Gasteiger partial charge on any atom is -0.271 e. The molecule has 4 heteroatoms. The van der Waals surface area contributed by atoms with Gasteiger partial charge in [0.2, 0.25) is 0 Å². The third kappa shape index (κ3) is 3.21. The summed E-state index contributed by atoms with van der Waals surface area (Å²) in [5, 5.41) is 0. The van der Waals surface area contributed by atoms with Gasteiger partial charge in [0.25, 0.3) is 0 Å². The van der Waals surface area contributed by atoms with Crippen LogP contribution >= 0.6 is 11.3 Å². The van der Waals surface area contributed by atoms with Crippen molar-refractivity contribution in [3.05, 3.63) is 57.0 Å². The standard InChI is InChI=1S/C15H19FN2S/c1-3-11-7-8-12(19-11)9-14(18-17)13-6-4-5-10(2)15(13)16/h4-8,14,18H,3,9,17H2,1-2H3. The molecule has 0 aliphatic heterocycles. The Hall–Kier alpha value is -1.23. The van der Waals surface area contributed by atoms with Crippen molar-refractivity contribution in [1.82, 2.24) is 5.43 Å². The topological polar surface area (TPSA) is 38.0 Å². The normalized spacial score (nSPS) is 12.6. The van der Waals surface area contributed by atoms with Crippen molar-refractivity contribution in [1.29, 1.82) is 0 Å². The van der Waals surface area contributed by atoms with E-state index in [9.17, 15) is 4.39 Å². The van der Waals surface area contributed by atoms with Crippen LogP contribution in [0.1, 0.15) is 33.8 Å². The van der Waals surface area contributed by atoms with E-state index >= 15 is 0 Å². The number of hydrogen-bond donors (Lipinski definition) is 2. The highest BCUT2D eigenvalue weighted by Crippen LogP contribution is 2.26. The van der Waals surface area contributed by atoms with Gasteiger partial charge in [-0.15, -0.1) is 11.3 Å². The number of thiophene rings is 1. The molecule has 1 heterocycles. The van der Waals surface area contributed by atoms with Crippen LogP contribution in [-0.4, -0.2) is 0 Å². The fourth-order valence-electron chi connectivity index (χ4n) is 2.12. The van der Waals surface area contributed by atoms with Gasteiger partial charge < -0.3 is 0 Å². The van der Waals surface area contributed by atoms with E-state index in [1.807, 2.05) is 6.07 Å². The highest BCUT2D eigenvalue weighted by Gasteiger charge is 2.16. The number of benzene rings is 1. The Morgan fingerprint density at radius 1 is 1.26 bits per heavy atom. The van der Waals surface area contributed by atoms with Crippen molar-refractivity contribution in [3.63, 3.8) is 0 Å². The highest BCUT2D eigenvalue weighted by atomic mass is 32.1. The lowest BCUT2D eigenvalue weighted by Gasteiger charge is -2.17. The molecule has 0 saturated carbocycles. The molecule has 0 aliphatic rings. The first-order valence-corrected chi connectivity index (χ1v) is 7.26. The minimum atomic E-state index is -0.191.